The molecule has 6 nitrogen and oxygen atoms in total. The lowest BCUT2D eigenvalue weighted by Crippen LogP contribution is -2.56. The second kappa shape index (κ2) is 8.34. The first-order chi connectivity index (χ1) is 10.0. The third kappa shape index (κ3) is 4.68. The topological polar surface area (TPSA) is 93.5 Å². The smallest absolute Gasteiger partial charge is 0.326 e. The summed E-state index contributed by atoms with van der Waals surface area (Å²) in [5.74, 6) is -0.282. The average Bonchev–Trinajstić information content (AvgIpc) is 3.27. The molecule has 0 bridgehead atoms. The Kier molecular flexibility index (Phi) is 7.11. The highest BCUT2D eigenvalue weighted by molar-refractivity contribution is 5.83. The van der Waals surface area contributed by atoms with Crippen molar-refractivity contribution in [3.8, 4) is 0 Å². The third-order valence-electron chi connectivity index (χ3n) is 4.12. The molecule has 0 aromatic heterocycles. The molecule has 0 saturated heterocycles. The van der Waals surface area contributed by atoms with Crippen LogP contribution in [0, 0.1) is 5.92 Å². The molecule has 0 aromatic carbocycles. The van der Waals surface area contributed by atoms with Crippen LogP contribution in [0.2, 0.25) is 0 Å². The van der Waals surface area contributed by atoms with Crippen molar-refractivity contribution in [3.05, 3.63) is 0 Å². The number of esters is 1. The predicted octanol–water partition coefficient (Wildman–Crippen LogP) is 0.551. The maximum atomic E-state index is 12.5. The normalized spacial score (nSPS) is 18.8. The highest BCUT2D eigenvalue weighted by atomic mass is 16.5. The fraction of sp³-hybridized carbons (Fsp3) is 0.867. The van der Waals surface area contributed by atoms with Crippen LogP contribution in [0.15, 0.2) is 0 Å². The van der Waals surface area contributed by atoms with Crippen LogP contribution in [0.5, 0.6) is 0 Å². The zero-order chi connectivity index (χ0) is 15.9. The minimum Gasteiger partial charge on any atom is -0.465 e. The lowest BCUT2D eigenvalue weighted by Gasteiger charge is -2.34. The molecule has 21 heavy (non-hydrogen) atoms. The van der Waals surface area contributed by atoms with Crippen LogP contribution < -0.4 is 16.4 Å². The number of likely N-dealkylation sites (N-methyl/N-ethyl adjacent to an activating group) is 1. The van der Waals surface area contributed by atoms with Gasteiger partial charge in [-0.3, -0.25) is 9.59 Å². The van der Waals surface area contributed by atoms with E-state index in [2.05, 4.69) is 17.6 Å². The van der Waals surface area contributed by atoms with Gasteiger partial charge >= 0.3 is 5.97 Å². The molecule has 6 heteroatoms. The molecular formula is C15H29N3O3. The SMILES string of the molecule is CCCNC(CCC(NC)C(N)=O)(C(=O)OCC)C1CC1. The van der Waals surface area contributed by atoms with Crippen molar-refractivity contribution < 1.29 is 14.3 Å². The molecule has 4 N–H and O–H groups in total. The van der Waals surface area contributed by atoms with Crippen molar-refractivity contribution in [2.45, 2.75) is 57.5 Å². The molecule has 1 rings (SSSR count). The number of nitrogens with two attached hydrogens (primary N) is 1. The van der Waals surface area contributed by atoms with Crippen LogP contribution in [0.3, 0.4) is 0 Å². The van der Waals surface area contributed by atoms with E-state index in [0.717, 1.165) is 25.8 Å². The number of primary amides is 1. The summed E-state index contributed by atoms with van der Waals surface area (Å²) < 4.78 is 5.29. The number of hydrogen-bond donors (Lipinski definition) is 3. The van der Waals surface area contributed by atoms with Gasteiger partial charge in [0, 0.05) is 0 Å². The fourth-order valence-corrected chi connectivity index (χ4v) is 2.76. The van der Waals surface area contributed by atoms with Crippen molar-refractivity contribution in [1.29, 1.82) is 0 Å². The Morgan fingerprint density at radius 1 is 1.38 bits per heavy atom. The lowest BCUT2D eigenvalue weighted by molar-refractivity contribution is -0.153. The second-order valence-corrected chi connectivity index (χ2v) is 5.68. The molecule has 2 unspecified atom stereocenters. The van der Waals surface area contributed by atoms with E-state index in [1.807, 2.05) is 6.92 Å². The number of ether oxygens (including phenoxy) is 1. The summed E-state index contributed by atoms with van der Waals surface area (Å²) >= 11 is 0. The molecule has 1 amide bonds. The van der Waals surface area contributed by atoms with Gasteiger partial charge in [-0.25, -0.2) is 0 Å². The standard InChI is InChI=1S/C15H29N3O3/c1-4-10-18-15(11-6-7-11,14(20)21-5-2)9-8-12(17-3)13(16)19/h11-12,17-18H,4-10H2,1-3H3,(H2,16,19). The van der Waals surface area contributed by atoms with Crippen molar-refractivity contribution in [2.75, 3.05) is 20.2 Å². The quantitative estimate of drug-likeness (QED) is 0.485. The predicted molar refractivity (Wildman–Crippen MR) is 81.7 cm³/mol. The molecule has 1 aliphatic carbocycles. The number of carbonyl (C=O) groups is 2. The van der Waals surface area contributed by atoms with E-state index in [1.165, 1.54) is 0 Å². The second-order valence-electron chi connectivity index (χ2n) is 5.68. The largest absolute Gasteiger partial charge is 0.465 e. The average molecular weight is 299 g/mol. The van der Waals surface area contributed by atoms with E-state index in [0.29, 0.717) is 25.4 Å². The molecule has 1 saturated carbocycles. The van der Waals surface area contributed by atoms with E-state index in [4.69, 9.17) is 10.5 Å². The first kappa shape index (κ1) is 17.9. The van der Waals surface area contributed by atoms with Crippen molar-refractivity contribution in [3.63, 3.8) is 0 Å². The third-order valence-corrected chi connectivity index (χ3v) is 4.12. The van der Waals surface area contributed by atoms with E-state index < -0.39 is 11.6 Å². The number of hydrogen-bond acceptors (Lipinski definition) is 5. The molecule has 0 aliphatic heterocycles. The summed E-state index contributed by atoms with van der Waals surface area (Å²) in [6.07, 6.45) is 4.08. The van der Waals surface area contributed by atoms with Crippen molar-refractivity contribution in [2.24, 2.45) is 11.7 Å². The lowest BCUT2D eigenvalue weighted by atomic mass is 9.85. The monoisotopic (exact) mass is 299 g/mol. The van der Waals surface area contributed by atoms with Crippen LogP contribution in [0.1, 0.15) is 46.0 Å². The van der Waals surface area contributed by atoms with Gasteiger partial charge in [-0.1, -0.05) is 6.92 Å². The molecule has 0 heterocycles. The Bertz CT molecular complexity index is 358. The minimum absolute atomic E-state index is 0.194. The van der Waals surface area contributed by atoms with E-state index in [1.54, 1.807) is 7.05 Å². The van der Waals surface area contributed by atoms with E-state index >= 15 is 0 Å². The van der Waals surface area contributed by atoms with Crippen LogP contribution in [0.25, 0.3) is 0 Å². The van der Waals surface area contributed by atoms with E-state index in [9.17, 15) is 9.59 Å². The Balaban J connectivity index is 2.83. The molecule has 0 aromatic rings. The first-order valence-electron chi connectivity index (χ1n) is 7.90. The van der Waals surface area contributed by atoms with Gasteiger partial charge in [0.2, 0.25) is 5.91 Å². The Labute approximate surface area is 127 Å². The van der Waals surface area contributed by atoms with E-state index in [-0.39, 0.29) is 11.9 Å². The Morgan fingerprint density at radius 2 is 2.05 bits per heavy atom. The first-order valence-corrected chi connectivity index (χ1v) is 7.90. The number of amides is 1. The van der Waals surface area contributed by atoms with Gasteiger partial charge in [-0.2, -0.15) is 0 Å². The van der Waals surface area contributed by atoms with Crippen LogP contribution in [0.4, 0.5) is 0 Å². The summed E-state index contributed by atoms with van der Waals surface area (Å²) in [6.45, 7) is 5.01. The van der Waals surface area contributed by atoms with Gasteiger partial charge in [-0.05, 0) is 58.5 Å². The molecule has 1 fully saturated rings. The highest BCUT2D eigenvalue weighted by Gasteiger charge is 2.51. The summed E-state index contributed by atoms with van der Waals surface area (Å²) in [4.78, 5) is 23.9. The molecule has 0 spiro atoms. The van der Waals surface area contributed by atoms with Crippen LogP contribution in [-0.2, 0) is 14.3 Å². The zero-order valence-electron chi connectivity index (χ0n) is 13.4. The maximum absolute atomic E-state index is 12.5. The summed E-state index contributed by atoms with van der Waals surface area (Å²) in [5, 5.41) is 6.30. The number of carbonyl (C=O) groups excluding carboxylic acids is 2. The van der Waals surface area contributed by atoms with Crippen LogP contribution in [-0.4, -0.2) is 43.7 Å². The van der Waals surface area contributed by atoms with Crippen molar-refractivity contribution >= 4 is 11.9 Å². The van der Waals surface area contributed by atoms with Crippen LogP contribution >= 0.6 is 0 Å². The fourth-order valence-electron chi connectivity index (χ4n) is 2.76. The Morgan fingerprint density at radius 3 is 2.48 bits per heavy atom. The van der Waals surface area contributed by atoms with Gasteiger partial charge in [0.15, 0.2) is 0 Å². The van der Waals surface area contributed by atoms with Gasteiger partial charge < -0.3 is 21.1 Å². The van der Waals surface area contributed by atoms with Gasteiger partial charge in [-0.15, -0.1) is 0 Å². The van der Waals surface area contributed by atoms with Crippen molar-refractivity contribution in [1.82, 2.24) is 10.6 Å². The van der Waals surface area contributed by atoms with Gasteiger partial charge in [0.1, 0.15) is 5.54 Å². The minimum atomic E-state index is -0.670. The number of rotatable bonds is 11. The molecular weight excluding hydrogens is 270 g/mol. The molecule has 122 valence electrons. The Hall–Kier alpha value is -1.14. The summed E-state index contributed by atoms with van der Waals surface area (Å²) in [5.41, 5.74) is 4.70. The molecule has 0 radical (unpaired) electrons. The van der Waals surface area contributed by atoms with Gasteiger partial charge in [0.25, 0.3) is 0 Å². The molecule has 1 aliphatic rings. The maximum Gasteiger partial charge on any atom is 0.326 e. The zero-order valence-corrected chi connectivity index (χ0v) is 13.4. The summed E-state index contributed by atoms with van der Waals surface area (Å²) in [6, 6.07) is -0.416. The highest BCUT2D eigenvalue weighted by Crippen LogP contribution is 2.43. The molecule has 2 atom stereocenters. The van der Waals surface area contributed by atoms with Gasteiger partial charge in [0.05, 0.1) is 12.6 Å². The summed E-state index contributed by atoms with van der Waals surface area (Å²) in [7, 11) is 1.71. The number of nitrogens with one attached hydrogen (secondary N) is 2.